The Morgan fingerprint density at radius 3 is 2.69 bits per heavy atom. The van der Waals surface area contributed by atoms with E-state index in [0.29, 0.717) is 11.9 Å². The van der Waals surface area contributed by atoms with Crippen molar-refractivity contribution < 1.29 is 0 Å². The van der Waals surface area contributed by atoms with Crippen LogP contribution in [0.5, 0.6) is 0 Å². The second-order valence-electron chi connectivity index (χ2n) is 3.26. The highest BCUT2D eigenvalue weighted by Crippen LogP contribution is 2.16. The van der Waals surface area contributed by atoms with Crippen LogP contribution in [0.3, 0.4) is 0 Å². The van der Waals surface area contributed by atoms with Crippen LogP contribution >= 0.6 is 0 Å². The Morgan fingerprint density at radius 2 is 2.08 bits per heavy atom. The second kappa shape index (κ2) is 3.47. The smallest absolute Gasteiger partial charge is 0.123 e. The zero-order valence-corrected chi connectivity index (χ0v) is 7.40. The number of rotatable bonds is 2. The van der Waals surface area contributed by atoms with Gasteiger partial charge >= 0.3 is 0 Å². The molecule has 0 amide bonds. The van der Waals surface area contributed by atoms with Gasteiger partial charge in [0.05, 0.1) is 11.9 Å². The van der Waals surface area contributed by atoms with Gasteiger partial charge in [0.15, 0.2) is 0 Å². The lowest BCUT2D eigenvalue weighted by Crippen LogP contribution is -2.14. The summed E-state index contributed by atoms with van der Waals surface area (Å²) in [6.07, 6.45) is 8.37. The lowest BCUT2D eigenvalue weighted by molar-refractivity contribution is 0.786. The highest BCUT2D eigenvalue weighted by molar-refractivity contribution is 5.46. The van der Waals surface area contributed by atoms with Crippen molar-refractivity contribution in [1.82, 2.24) is 4.98 Å². The topological polar surface area (TPSA) is 50.9 Å². The molecule has 0 saturated heterocycles. The number of nitrogen functional groups attached to an aromatic ring is 1. The number of anilines is 2. The van der Waals surface area contributed by atoms with E-state index in [1.54, 1.807) is 6.20 Å². The molecule has 1 heterocycles. The third-order valence-electron chi connectivity index (χ3n) is 2.17. The minimum Gasteiger partial charge on any atom is -0.384 e. The Labute approximate surface area is 77.7 Å². The molecule has 0 saturated carbocycles. The van der Waals surface area contributed by atoms with Crippen LogP contribution in [0.1, 0.15) is 12.8 Å². The summed E-state index contributed by atoms with van der Waals surface area (Å²) in [5.41, 5.74) is 6.53. The molecule has 3 heteroatoms. The zero-order chi connectivity index (χ0) is 9.10. The van der Waals surface area contributed by atoms with Crippen LogP contribution in [-0.2, 0) is 0 Å². The van der Waals surface area contributed by atoms with Gasteiger partial charge in [0.25, 0.3) is 0 Å². The maximum absolute atomic E-state index is 5.48. The van der Waals surface area contributed by atoms with E-state index in [-0.39, 0.29) is 0 Å². The van der Waals surface area contributed by atoms with Crippen LogP contribution in [0.2, 0.25) is 0 Å². The summed E-state index contributed by atoms with van der Waals surface area (Å²) in [5, 5.41) is 3.39. The van der Waals surface area contributed by atoms with E-state index >= 15 is 0 Å². The predicted molar refractivity (Wildman–Crippen MR) is 54.4 cm³/mol. The fourth-order valence-electron chi connectivity index (χ4n) is 1.46. The third kappa shape index (κ3) is 1.99. The molecule has 0 aromatic carbocycles. The molecule has 0 atom stereocenters. The summed E-state index contributed by atoms with van der Waals surface area (Å²) in [4.78, 5) is 4.02. The van der Waals surface area contributed by atoms with E-state index in [2.05, 4.69) is 22.5 Å². The highest BCUT2D eigenvalue weighted by atomic mass is 14.9. The summed E-state index contributed by atoms with van der Waals surface area (Å²) < 4.78 is 0. The van der Waals surface area contributed by atoms with Gasteiger partial charge in [-0.05, 0) is 25.0 Å². The summed E-state index contributed by atoms with van der Waals surface area (Å²) in [6, 6.07) is 4.30. The van der Waals surface area contributed by atoms with Crippen molar-refractivity contribution in [3.63, 3.8) is 0 Å². The Balaban J connectivity index is 1.97. The molecule has 0 spiro atoms. The number of nitrogens with one attached hydrogen (secondary N) is 1. The van der Waals surface area contributed by atoms with Crippen LogP contribution in [0.4, 0.5) is 11.5 Å². The van der Waals surface area contributed by atoms with Gasteiger partial charge in [0.2, 0.25) is 0 Å². The van der Waals surface area contributed by atoms with Crippen molar-refractivity contribution in [3.05, 3.63) is 30.5 Å². The average molecular weight is 175 g/mol. The van der Waals surface area contributed by atoms with Crippen LogP contribution in [-0.4, -0.2) is 11.0 Å². The Morgan fingerprint density at radius 1 is 1.31 bits per heavy atom. The molecule has 1 aliphatic rings. The molecule has 2 rings (SSSR count). The van der Waals surface area contributed by atoms with Crippen molar-refractivity contribution in [1.29, 1.82) is 0 Å². The number of nitrogens with zero attached hydrogens (tertiary/aromatic N) is 1. The fourth-order valence-corrected chi connectivity index (χ4v) is 1.46. The molecule has 1 aliphatic carbocycles. The van der Waals surface area contributed by atoms with Gasteiger partial charge in [-0.25, -0.2) is 4.98 Å². The minimum absolute atomic E-state index is 0.533. The fraction of sp³-hybridized carbons (Fsp3) is 0.300. The molecule has 1 aromatic heterocycles. The summed E-state index contributed by atoms with van der Waals surface area (Å²) in [6.45, 7) is 0. The minimum atomic E-state index is 0.533. The van der Waals surface area contributed by atoms with Crippen LogP contribution < -0.4 is 11.1 Å². The van der Waals surface area contributed by atoms with E-state index in [1.807, 2.05) is 12.1 Å². The predicted octanol–water partition coefficient (Wildman–Crippen LogP) is 1.79. The van der Waals surface area contributed by atoms with E-state index in [4.69, 9.17) is 5.73 Å². The van der Waals surface area contributed by atoms with Crippen LogP contribution in [0.25, 0.3) is 0 Å². The summed E-state index contributed by atoms with van der Waals surface area (Å²) >= 11 is 0. The van der Waals surface area contributed by atoms with Gasteiger partial charge in [-0.3, -0.25) is 0 Å². The zero-order valence-electron chi connectivity index (χ0n) is 7.40. The molecule has 0 radical (unpaired) electrons. The molecule has 0 unspecified atom stereocenters. The van der Waals surface area contributed by atoms with Crippen molar-refractivity contribution in [2.75, 3.05) is 11.1 Å². The molecule has 0 aliphatic heterocycles. The van der Waals surface area contributed by atoms with Gasteiger partial charge in [-0.2, -0.15) is 0 Å². The molecule has 1 aromatic rings. The third-order valence-corrected chi connectivity index (χ3v) is 2.17. The number of nitrogens with two attached hydrogens (primary N) is 1. The first-order valence-corrected chi connectivity index (χ1v) is 4.47. The van der Waals surface area contributed by atoms with Crippen molar-refractivity contribution in [2.24, 2.45) is 0 Å². The van der Waals surface area contributed by atoms with Crippen molar-refractivity contribution in [2.45, 2.75) is 18.9 Å². The van der Waals surface area contributed by atoms with Gasteiger partial charge in [-0.1, -0.05) is 12.2 Å². The Bertz CT molecular complexity index is 294. The Kier molecular flexibility index (Phi) is 2.17. The second-order valence-corrected chi connectivity index (χ2v) is 3.26. The van der Waals surface area contributed by atoms with Crippen LogP contribution in [0, 0.1) is 0 Å². The van der Waals surface area contributed by atoms with E-state index in [1.165, 1.54) is 0 Å². The molecule has 3 nitrogen and oxygen atoms in total. The number of hydrogen-bond donors (Lipinski definition) is 2. The molecular formula is C10H13N3. The van der Waals surface area contributed by atoms with Gasteiger partial charge in [-0.15, -0.1) is 0 Å². The SMILES string of the molecule is Nc1ccc(NC2CC=CC2)cn1. The average Bonchev–Trinajstić information content (AvgIpc) is 2.62. The van der Waals surface area contributed by atoms with Crippen molar-refractivity contribution >= 4 is 11.5 Å². The maximum atomic E-state index is 5.48. The Hall–Kier alpha value is -1.51. The van der Waals surface area contributed by atoms with Gasteiger partial charge in [0.1, 0.15) is 5.82 Å². The number of hydrogen-bond acceptors (Lipinski definition) is 3. The molecule has 0 bridgehead atoms. The normalized spacial score (nSPS) is 16.3. The van der Waals surface area contributed by atoms with Gasteiger partial charge < -0.3 is 11.1 Å². The van der Waals surface area contributed by atoms with E-state index in [9.17, 15) is 0 Å². The number of pyridine rings is 1. The van der Waals surface area contributed by atoms with Crippen LogP contribution in [0.15, 0.2) is 30.5 Å². The molecular weight excluding hydrogens is 162 g/mol. The molecule has 0 fully saturated rings. The van der Waals surface area contributed by atoms with Gasteiger partial charge in [0, 0.05) is 6.04 Å². The van der Waals surface area contributed by atoms with E-state index in [0.717, 1.165) is 18.5 Å². The molecule has 68 valence electrons. The first-order valence-electron chi connectivity index (χ1n) is 4.47. The quantitative estimate of drug-likeness (QED) is 0.674. The standard InChI is InChI=1S/C10H13N3/c11-10-6-5-9(7-12-10)13-8-3-1-2-4-8/h1-2,5-8,13H,3-4H2,(H2,11,12). The van der Waals surface area contributed by atoms with E-state index < -0.39 is 0 Å². The first kappa shape index (κ1) is 8.10. The highest BCUT2D eigenvalue weighted by Gasteiger charge is 2.08. The first-order chi connectivity index (χ1) is 6.34. The summed E-state index contributed by atoms with van der Waals surface area (Å²) in [5.74, 6) is 0.565. The summed E-state index contributed by atoms with van der Waals surface area (Å²) in [7, 11) is 0. The van der Waals surface area contributed by atoms with Crippen molar-refractivity contribution in [3.8, 4) is 0 Å². The lowest BCUT2D eigenvalue weighted by atomic mass is 10.2. The number of aromatic nitrogens is 1. The maximum Gasteiger partial charge on any atom is 0.123 e. The lowest BCUT2D eigenvalue weighted by Gasteiger charge is -2.12. The molecule has 13 heavy (non-hydrogen) atoms. The molecule has 3 N–H and O–H groups in total. The largest absolute Gasteiger partial charge is 0.384 e. The monoisotopic (exact) mass is 175 g/mol.